The van der Waals surface area contributed by atoms with Crippen molar-refractivity contribution in [3.8, 4) is 11.3 Å². The number of fused-ring (bicyclic) bond motifs is 1. The van der Waals surface area contributed by atoms with Crippen LogP contribution in [-0.4, -0.2) is 25.3 Å². The molecule has 5 nitrogen and oxygen atoms in total. The highest BCUT2D eigenvalue weighted by atomic mass is 16.1. The number of aromatic nitrogens is 4. The highest BCUT2D eigenvalue weighted by Crippen LogP contribution is 2.26. The summed E-state index contributed by atoms with van der Waals surface area (Å²) in [7, 11) is 2.01. The van der Waals surface area contributed by atoms with Crippen molar-refractivity contribution in [1.82, 2.24) is 19.5 Å². The molecule has 1 fully saturated rings. The van der Waals surface area contributed by atoms with E-state index in [2.05, 4.69) is 31.7 Å². The Hall–Kier alpha value is -2.56. The number of imidazole rings is 1. The molecule has 0 amide bonds. The zero-order valence-electron chi connectivity index (χ0n) is 15.4. The van der Waals surface area contributed by atoms with Crippen molar-refractivity contribution in [2.24, 2.45) is 13.0 Å². The number of carbonyl (C=O) groups is 1. The Bertz CT molecular complexity index is 954. The summed E-state index contributed by atoms with van der Waals surface area (Å²) >= 11 is 0. The van der Waals surface area contributed by atoms with Crippen molar-refractivity contribution < 1.29 is 4.79 Å². The smallest absolute Gasteiger partial charge is 0.143 e. The van der Waals surface area contributed by atoms with Crippen molar-refractivity contribution in [2.75, 3.05) is 0 Å². The van der Waals surface area contributed by atoms with Gasteiger partial charge in [0, 0.05) is 30.1 Å². The van der Waals surface area contributed by atoms with Crippen LogP contribution in [0.5, 0.6) is 0 Å². The molecule has 2 heterocycles. The third-order valence-electron chi connectivity index (χ3n) is 5.54. The van der Waals surface area contributed by atoms with Gasteiger partial charge in [0.05, 0.1) is 23.8 Å². The molecule has 134 valence electrons. The first-order valence-corrected chi connectivity index (χ1v) is 9.39. The van der Waals surface area contributed by atoms with Crippen molar-refractivity contribution in [3.63, 3.8) is 0 Å². The highest BCUT2D eigenvalue weighted by molar-refractivity contribution is 5.85. The lowest BCUT2D eigenvalue weighted by molar-refractivity contribution is -0.123. The molecule has 0 atom stereocenters. The Morgan fingerprint density at radius 2 is 1.96 bits per heavy atom. The molecule has 0 N–H and O–H groups in total. The molecular weight excluding hydrogens is 324 g/mol. The Morgan fingerprint density at radius 3 is 2.69 bits per heavy atom. The Kier molecular flexibility index (Phi) is 4.53. The Balaban J connectivity index is 1.61. The summed E-state index contributed by atoms with van der Waals surface area (Å²) in [5, 5.41) is 0.988. The van der Waals surface area contributed by atoms with Crippen LogP contribution in [0.25, 0.3) is 22.2 Å². The molecule has 2 aromatic heterocycles. The first-order chi connectivity index (χ1) is 12.6. The number of nitrogens with zero attached hydrogens (tertiary/aromatic N) is 4. The molecule has 3 aromatic rings. The Morgan fingerprint density at radius 1 is 1.15 bits per heavy atom. The molecule has 0 radical (unpaired) electrons. The highest BCUT2D eigenvalue weighted by Gasteiger charge is 2.22. The molecule has 1 aliphatic rings. The lowest BCUT2D eigenvalue weighted by Crippen LogP contribution is -2.20. The first kappa shape index (κ1) is 16.9. The van der Waals surface area contributed by atoms with E-state index in [0.717, 1.165) is 40.8 Å². The fourth-order valence-corrected chi connectivity index (χ4v) is 3.80. The van der Waals surface area contributed by atoms with E-state index in [1.54, 1.807) is 0 Å². The molecule has 5 heteroatoms. The molecule has 0 saturated heterocycles. The molecule has 0 aliphatic heterocycles. The monoisotopic (exact) mass is 348 g/mol. The number of ketones is 1. The number of carbonyl (C=O) groups excluding carboxylic acids is 1. The molecule has 26 heavy (non-hydrogen) atoms. The quantitative estimate of drug-likeness (QED) is 0.714. The number of rotatable bonds is 4. The van der Waals surface area contributed by atoms with Crippen LogP contribution in [0.3, 0.4) is 0 Å². The normalized spacial score (nSPS) is 15.5. The summed E-state index contributed by atoms with van der Waals surface area (Å²) in [4.78, 5) is 26.0. The minimum absolute atomic E-state index is 0.201. The van der Waals surface area contributed by atoms with Gasteiger partial charge in [-0.2, -0.15) is 0 Å². The van der Waals surface area contributed by atoms with E-state index in [1.165, 1.54) is 19.3 Å². The number of Topliss-reactive ketones (excluding diaryl/α,β-unsaturated/α-hetero) is 1. The van der Waals surface area contributed by atoms with E-state index < -0.39 is 0 Å². The topological polar surface area (TPSA) is 60.7 Å². The molecular formula is C21H24N4O. The van der Waals surface area contributed by atoms with Gasteiger partial charge in [0.15, 0.2) is 0 Å². The van der Waals surface area contributed by atoms with E-state index >= 15 is 0 Å². The van der Waals surface area contributed by atoms with E-state index in [9.17, 15) is 4.79 Å². The minimum atomic E-state index is 0.201. The van der Waals surface area contributed by atoms with Crippen molar-refractivity contribution in [1.29, 1.82) is 0 Å². The average Bonchev–Trinajstić information content (AvgIpc) is 3.00. The Labute approximate surface area is 153 Å². The minimum Gasteiger partial charge on any atom is -0.331 e. The lowest BCUT2D eigenvalue weighted by Gasteiger charge is -2.19. The molecule has 0 spiro atoms. The fraction of sp³-hybridized carbons (Fsp3) is 0.429. The third-order valence-corrected chi connectivity index (χ3v) is 5.54. The number of benzene rings is 1. The predicted octanol–water partition coefficient (Wildman–Crippen LogP) is 4.03. The van der Waals surface area contributed by atoms with Crippen LogP contribution in [0.15, 0.2) is 30.6 Å². The van der Waals surface area contributed by atoms with Crippen LogP contribution in [0.2, 0.25) is 0 Å². The second-order valence-electron chi connectivity index (χ2n) is 7.29. The molecule has 1 aromatic carbocycles. The maximum Gasteiger partial charge on any atom is 0.143 e. The van der Waals surface area contributed by atoms with Gasteiger partial charge in [-0.1, -0.05) is 31.4 Å². The summed E-state index contributed by atoms with van der Waals surface area (Å²) in [5.41, 5.74) is 3.01. The molecule has 1 aliphatic carbocycles. The summed E-state index contributed by atoms with van der Waals surface area (Å²) in [6.45, 7) is 1.99. The first-order valence-electron chi connectivity index (χ1n) is 9.39. The van der Waals surface area contributed by atoms with Gasteiger partial charge in [-0.15, -0.1) is 0 Å². The van der Waals surface area contributed by atoms with Crippen LogP contribution in [-0.2, 0) is 18.3 Å². The van der Waals surface area contributed by atoms with Gasteiger partial charge in [0.1, 0.15) is 17.4 Å². The van der Waals surface area contributed by atoms with Crippen LogP contribution in [0, 0.1) is 12.8 Å². The van der Waals surface area contributed by atoms with Gasteiger partial charge in [0.2, 0.25) is 0 Å². The molecule has 0 unspecified atom stereocenters. The molecule has 4 rings (SSSR count). The van der Waals surface area contributed by atoms with E-state index in [1.807, 2.05) is 32.4 Å². The zero-order valence-corrected chi connectivity index (χ0v) is 15.4. The van der Waals surface area contributed by atoms with Crippen LogP contribution >= 0.6 is 0 Å². The zero-order chi connectivity index (χ0) is 18.1. The van der Waals surface area contributed by atoms with Gasteiger partial charge >= 0.3 is 0 Å². The van der Waals surface area contributed by atoms with Gasteiger partial charge in [0.25, 0.3) is 0 Å². The summed E-state index contributed by atoms with van der Waals surface area (Å²) in [6.07, 6.45) is 9.69. The number of hydrogen-bond donors (Lipinski definition) is 0. The van der Waals surface area contributed by atoms with Gasteiger partial charge in [-0.3, -0.25) is 4.79 Å². The van der Waals surface area contributed by atoms with Crippen molar-refractivity contribution in [3.05, 3.63) is 42.2 Å². The fourth-order valence-electron chi connectivity index (χ4n) is 3.80. The van der Waals surface area contributed by atoms with E-state index in [4.69, 9.17) is 0 Å². The summed E-state index contributed by atoms with van der Waals surface area (Å²) in [5.74, 6) is 2.10. The summed E-state index contributed by atoms with van der Waals surface area (Å²) < 4.78 is 2.07. The van der Waals surface area contributed by atoms with Gasteiger partial charge < -0.3 is 4.57 Å². The van der Waals surface area contributed by atoms with Gasteiger partial charge in [-0.25, -0.2) is 15.0 Å². The number of aryl methyl sites for hydroxylation is 1. The van der Waals surface area contributed by atoms with Crippen LogP contribution in [0.1, 0.15) is 43.8 Å². The largest absolute Gasteiger partial charge is 0.331 e. The van der Waals surface area contributed by atoms with Crippen LogP contribution < -0.4 is 0 Å². The van der Waals surface area contributed by atoms with Gasteiger partial charge in [-0.05, 0) is 25.8 Å². The third kappa shape index (κ3) is 3.26. The molecule has 1 saturated carbocycles. The second-order valence-corrected chi connectivity index (χ2v) is 7.29. The van der Waals surface area contributed by atoms with Crippen LogP contribution in [0.4, 0.5) is 0 Å². The second kappa shape index (κ2) is 6.98. The molecule has 0 bridgehead atoms. The summed E-state index contributed by atoms with van der Waals surface area (Å²) in [6, 6.07) is 6.15. The average molecular weight is 348 g/mol. The predicted molar refractivity (Wildman–Crippen MR) is 102 cm³/mol. The van der Waals surface area contributed by atoms with E-state index in [0.29, 0.717) is 18.0 Å². The van der Waals surface area contributed by atoms with Crippen molar-refractivity contribution in [2.45, 2.75) is 45.4 Å². The van der Waals surface area contributed by atoms with Crippen molar-refractivity contribution >= 4 is 16.7 Å². The van der Waals surface area contributed by atoms with E-state index in [-0.39, 0.29) is 5.92 Å². The maximum absolute atomic E-state index is 12.5. The maximum atomic E-state index is 12.5. The SMILES string of the molecule is Cc1ncc(-c2ccc3cnc(CC(=O)C4CCCCC4)nc3c2)n1C. The number of hydrogen-bond acceptors (Lipinski definition) is 4. The standard InChI is InChI=1S/C21H24N4O/c1-14-22-13-19(25(14)2)16-8-9-17-12-23-21(24-18(17)10-16)11-20(26)15-6-4-3-5-7-15/h8-10,12-13,15H,3-7,11H2,1-2H3. The lowest BCUT2D eigenvalue weighted by atomic mass is 9.85.